The maximum atomic E-state index is 11.6. The van der Waals surface area contributed by atoms with Gasteiger partial charge in [-0.3, -0.25) is 4.79 Å². The molecule has 1 aliphatic carbocycles. The van der Waals surface area contributed by atoms with E-state index in [0.717, 1.165) is 25.9 Å². The first-order valence-electron chi connectivity index (χ1n) is 5.17. The highest BCUT2D eigenvalue weighted by molar-refractivity contribution is 5.81. The van der Waals surface area contributed by atoms with Crippen LogP contribution < -0.4 is 10.6 Å². The quantitative estimate of drug-likeness (QED) is 0.667. The van der Waals surface area contributed by atoms with Crippen molar-refractivity contribution >= 4 is 5.91 Å². The number of nitrogens with one attached hydrogen (secondary N) is 2. The number of rotatable bonds is 3. The van der Waals surface area contributed by atoms with Crippen molar-refractivity contribution in [3.63, 3.8) is 0 Å². The lowest BCUT2D eigenvalue weighted by atomic mass is 9.98. The monoisotopic (exact) mass is 182 g/mol. The molecule has 0 aromatic carbocycles. The summed E-state index contributed by atoms with van der Waals surface area (Å²) in [7, 11) is 0. The molecular weight excluding hydrogens is 164 g/mol. The van der Waals surface area contributed by atoms with Gasteiger partial charge in [0.25, 0.3) is 0 Å². The van der Waals surface area contributed by atoms with E-state index >= 15 is 0 Å². The lowest BCUT2D eigenvalue weighted by molar-refractivity contribution is -0.127. The molecule has 2 fully saturated rings. The highest BCUT2D eigenvalue weighted by atomic mass is 16.2. The van der Waals surface area contributed by atoms with Crippen molar-refractivity contribution in [1.29, 1.82) is 0 Å². The SMILES string of the molecule is CC(C)C1(NC(=O)C2CNC2)CC1. The molecule has 2 rings (SSSR count). The summed E-state index contributed by atoms with van der Waals surface area (Å²) in [5.74, 6) is 1.06. The molecule has 0 aromatic heterocycles. The molecule has 0 unspecified atom stereocenters. The summed E-state index contributed by atoms with van der Waals surface area (Å²) in [6.45, 7) is 6.10. The Morgan fingerprint density at radius 1 is 1.46 bits per heavy atom. The van der Waals surface area contributed by atoms with Gasteiger partial charge in [-0.2, -0.15) is 0 Å². The van der Waals surface area contributed by atoms with Crippen LogP contribution in [-0.4, -0.2) is 24.5 Å². The van der Waals surface area contributed by atoms with Gasteiger partial charge in [-0.15, -0.1) is 0 Å². The predicted octanol–water partition coefficient (Wildman–Crippen LogP) is 0.511. The van der Waals surface area contributed by atoms with Gasteiger partial charge in [-0.05, 0) is 18.8 Å². The molecule has 0 spiro atoms. The Morgan fingerprint density at radius 2 is 2.08 bits per heavy atom. The summed E-state index contributed by atoms with van der Waals surface area (Å²) in [5.41, 5.74) is 0.159. The third-order valence-electron chi connectivity index (χ3n) is 3.42. The molecule has 2 N–H and O–H groups in total. The van der Waals surface area contributed by atoms with Crippen molar-refractivity contribution in [2.75, 3.05) is 13.1 Å². The van der Waals surface area contributed by atoms with Crippen molar-refractivity contribution in [2.45, 2.75) is 32.2 Å². The van der Waals surface area contributed by atoms with E-state index in [1.54, 1.807) is 0 Å². The van der Waals surface area contributed by atoms with Crippen molar-refractivity contribution in [3.8, 4) is 0 Å². The molecular formula is C10H18N2O. The number of hydrogen-bond acceptors (Lipinski definition) is 2. The molecule has 2 aliphatic rings. The first kappa shape index (κ1) is 9.00. The van der Waals surface area contributed by atoms with Crippen LogP contribution in [0.15, 0.2) is 0 Å². The minimum Gasteiger partial charge on any atom is -0.350 e. The second-order valence-corrected chi connectivity index (χ2v) is 4.66. The summed E-state index contributed by atoms with van der Waals surface area (Å²) >= 11 is 0. The highest BCUT2D eigenvalue weighted by Crippen LogP contribution is 2.42. The fraction of sp³-hybridized carbons (Fsp3) is 0.900. The van der Waals surface area contributed by atoms with E-state index in [0.29, 0.717) is 5.92 Å². The van der Waals surface area contributed by atoms with E-state index in [4.69, 9.17) is 0 Å². The van der Waals surface area contributed by atoms with E-state index < -0.39 is 0 Å². The zero-order chi connectivity index (χ0) is 9.47. The molecule has 0 bridgehead atoms. The summed E-state index contributed by atoms with van der Waals surface area (Å²) < 4.78 is 0. The van der Waals surface area contributed by atoms with E-state index in [1.165, 1.54) is 0 Å². The van der Waals surface area contributed by atoms with E-state index in [9.17, 15) is 4.79 Å². The molecule has 1 heterocycles. The number of carbonyl (C=O) groups is 1. The molecule has 3 heteroatoms. The van der Waals surface area contributed by atoms with Gasteiger partial charge in [-0.1, -0.05) is 13.8 Å². The average Bonchev–Trinajstić information content (AvgIpc) is 2.64. The second kappa shape index (κ2) is 2.98. The first-order valence-corrected chi connectivity index (χ1v) is 5.17. The highest BCUT2D eigenvalue weighted by Gasteiger charge is 2.47. The molecule has 3 nitrogen and oxygen atoms in total. The fourth-order valence-electron chi connectivity index (χ4n) is 1.80. The second-order valence-electron chi connectivity index (χ2n) is 4.66. The largest absolute Gasteiger partial charge is 0.350 e. The Labute approximate surface area is 79.3 Å². The van der Waals surface area contributed by atoms with Gasteiger partial charge < -0.3 is 10.6 Å². The topological polar surface area (TPSA) is 41.1 Å². The predicted molar refractivity (Wildman–Crippen MR) is 51.3 cm³/mol. The van der Waals surface area contributed by atoms with E-state index in [2.05, 4.69) is 24.5 Å². The number of amides is 1. The summed E-state index contributed by atoms with van der Waals surface area (Å²) in [5, 5.41) is 6.31. The fourth-order valence-corrected chi connectivity index (χ4v) is 1.80. The minimum absolute atomic E-state index is 0.159. The van der Waals surface area contributed by atoms with Gasteiger partial charge in [-0.25, -0.2) is 0 Å². The molecule has 1 saturated heterocycles. The van der Waals surface area contributed by atoms with Crippen LogP contribution in [0.1, 0.15) is 26.7 Å². The molecule has 0 aromatic rings. The molecule has 1 saturated carbocycles. The Balaban J connectivity index is 1.86. The smallest absolute Gasteiger partial charge is 0.226 e. The van der Waals surface area contributed by atoms with Crippen LogP contribution in [0.4, 0.5) is 0 Å². The molecule has 1 aliphatic heterocycles. The zero-order valence-electron chi connectivity index (χ0n) is 8.39. The maximum Gasteiger partial charge on any atom is 0.226 e. The lowest BCUT2D eigenvalue weighted by Crippen LogP contribution is -2.54. The average molecular weight is 182 g/mol. The van der Waals surface area contributed by atoms with Crippen LogP contribution in [0.3, 0.4) is 0 Å². The van der Waals surface area contributed by atoms with Crippen LogP contribution in [0.5, 0.6) is 0 Å². The standard InChI is InChI=1S/C10H18N2O/c1-7(2)10(3-4-10)12-9(13)8-5-11-6-8/h7-8,11H,3-6H2,1-2H3,(H,12,13). The number of carbonyl (C=O) groups excluding carboxylic acids is 1. The Bertz CT molecular complexity index is 217. The minimum atomic E-state index is 0.159. The third-order valence-corrected chi connectivity index (χ3v) is 3.42. The summed E-state index contributed by atoms with van der Waals surface area (Å²) in [4.78, 5) is 11.6. The van der Waals surface area contributed by atoms with Gasteiger partial charge in [0.15, 0.2) is 0 Å². The first-order chi connectivity index (χ1) is 6.14. The molecule has 13 heavy (non-hydrogen) atoms. The summed E-state index contributed by atoms with van der Waals surface area (Å²) in [6, 6.07) is 0. The Hall–Kier alpha value is -0.570. The Kier molecular flexibility index (Phi) is 2.06. The molecule has 74 valence electrons. The Morgan fingerprint density at radius 3 is 2.38 bits per heavy atom. The third kappa shape index (κ3) is 1.57. The molecule has 0 atom stereocenters. The maximum absolute atomic E-state index is 11.6. The van der Waals surface area contributed by atoms with Gasteiger partial charge in [0.2, 0.25) is 5.91 Å². The van der Waals surface area contributed by atoms with Crippen molar-refractivity contribution < 1.29 is 4.79 Å². The molecule has 0 radical (unpaired) electrons. The van der Waals surface area contributed by atoms with Gasteiger partial charge in [0.05, 0.1) is 5.92 Å². The van der Waals surface area contributed by atoms with Crippen molar-refractivity contribution in [2.24, 2.45) is 11.8 Å². The van der Waals surface area contributed by atoms with Crippen LogP contribution >= 0.6 is 0 Å². The summed E-state index contributed by atoms with van der Waals surface area (Å²) in [6.07, 6.45) is 2.33. The lowest BCUT2D eigenvalue weighted by Gasteiger charge is -2.30. The number of hydrogen-bond donors (Lipinski definition) is 2. The van der Waals surface area contributed by atoms with E-state index in [1.807, 2.05) is 0 Å². The van der Waals surface area contributed by atoms with E-state index in [-0.39, 0.29) is 17.4 Å². The van der Waals surface area contributed by atoms with Crippen molar-refractivity contribution in [1.82, 2.24) is 10.6 Å². The normalized spacial score (nSPS) is 25.5. The van der Waals surface area contributed by atoms with Gasteiger partial charge in [0, 0.05) is 18.6 Å². The van der Waals surface area contributed by atoms with Gasteiger partial charge >= 0.3 is 0 Å². The van der Waals surface area contributed by atoms with Crippen LogP contribution in [-0.2, 0) is 4.79 Å². The zero-order valence-corrected chi connectivity index (χ0v) is 8.39. The van der Waals surface area contributed by atoms with Gasteiger partial charge in [0.1, 0.15) is 0 Å². The van der Waals surface area contributed by atoms with Crippen LogP contribution in [0, 0.1) is 11.8 Å². The molecule has 1 amide bonds. The van der Waals surface area contributed by atoms with Crippen molar-refractivity contribution in [3.05, 3.63) is 0 Å². The van der Waals surface area contributed by atoms with Crippen LogP contribution in [0.25, 0.3) is 0 Å². The van der Waals surface area contributed by atoms with Crippen LogP contribution in [0.2, 0.25) is 0 Å².